The molecule has 1 atom stereocenters. The Morgan fingerprint density at radius 2 is 1.79 bits per heavy atom. The molecule has 4 rings (SSSR count). The number of rotatable bonds is 7. The lowest BCUT2D eigenvalue weighted by Crippen LogP contribution is -2.40. The Kier molecular flexibility index (Phi) is 7.08. The summed E-state index contributed by atoms with van der Waals surface area (Å²) in [7, 11) is -3.25. The standard InChI is InChI=1S/C24H27FN4O4S/c1-16(17-5-9-21(10-6-17)34(2,31)32)26-24(30)19-11-13-29(14-12-19)15-22-27-23(28-33-22)18-3-7-20(25)8-4-18/h3-10,16,19H,11-15H2,1-2H3,(H,26,30). The number of carbonyl (C=O) groups excluding carboxylic acids is 1. The van der Waals surface area contributed by atoms with Gasteiger partial charge in [0.15, 0.2) is 9.84 Å². The summed E-state index contributed by atoms with van der Waals surface area (Å²) in [4.78, 5) is 19.6. The normalized spacial score (nSPS) is 16.3. The number of nitrogens with one attached hydrogen (secondary N) is 1. The molecule has 1 fully saturated rings. The third-order valence-corrected chi connectivity index (χ3v) is 7.18. The van der Waals surface area contributed by atoms with Crippen LogP contribution >= 0.6 is 0 Å². The molecule has 180 valence electrons. The Hall–Kier alpha value is -3.11. The van der Waals surface area contributed by atoms with E-state index in [1.165, 1.54) is 18.4 Å². The van der Waals surface area contributed by atoms with Crippen LogP contribution in [0.4, 0.5) is 4.39 Å². The number of hydrogen-bond donors (Lipinski definition) is 1. The van der Waals surface area contributed by atoms with Crippen LogP contribution < -0.4 is 5.32 Å². The highest BCUT2D eigenvalue weighted by Gasteiger charge is 2.27. The summed E-state index contributed by atoms with van der Waals surface area (Å²) in [5.41, 5.74) is 1.54. The van der Waals surface area contributed by atoms with Gasteiger partial charge >= 0.3 is 0 Å². The number of hydrogen-bond acceptors (Lipinski definition) is 7. The minimum atomic E-state index is -3.25. The fourth-order valence-corrected chi connectivity index (χ4v) is 4.63. The smallest absolute Gasteiger partial charge is 0.241 e. The second-order valence-electron chi connectivity index (χ2n) is 8.64. The SMILES string of the molecule is CC(NC(=O)C1CCN(Cc2nc(-c3ccc(F)cc3)no2)CC1)c1ccc(S(C)(=O)=O)cc1. The highest BCUT2D eigenvalue weighted by atomic mass is 32.2. The number of sulfone groups is 1. The number of benzene rings is 2. The average Bonchev–Trinajstić information content (AvgIpc) is 3.28. The molecular formula is C24H27FN4O4S. The molecule has 1 aromatic heterocycles. The van der Waals surface area contributed by atoms with Crippen LogP contribution in [0.5, 0.6) is 0 Å². The van der Waals surface area contributed by atoms with Gasteiger partial charge in [-0.05, 0) is 74.8 Å². The van der Waals surface area contributed by atoms with E-state index < -0.39 is 9.84 Å². The first-order chi connectivity index (χ1) is 16.2. The molecule has 3 aromatic rings. The molecule has 1 amide bonds. The second-order valence-corrected chi connectivity index (χ2v) is 10.7. The lowest BCUT2D eigenvalue weighted by molar-refractivity contribution is -0.127. The van der Waals surface area contributed by atoms with E-state index in [2.05, 4.69) is 20.4 Å². The van der Waals surface area contributed by atoms with Gasteiger partial charge in [-0.15, -0.1) is 0 Å². The molecule has 0 saturated carbocycles. The van der Waals surface area contributed by atoms with Crippen molar-refractivity contribution >= 4 is 15.7 Å². The summed E-state index contributed by atoms with van der Waals surface area (Å²) in [5.74, 6) is 0.483. The predicted molar refractivity (Wildman–Crippen MR) is 124 cm³/mol. The van der Waals surface area contributed by atoms with Crippen molar-refractivity contribution in [3.63, 3.8) is 0 Å². The van der Waals surface area contributed by atoms with Crippen molar-refractivity contribution in [2.75, 3.05) is 19.3 Å². The van der Waals surface area contributed by atoms with Crippen LogP contribution in [0.15, 0.2) is 57.9 Å². The van der Waals surface area contributed by atoms with E-state index in [9.17, 15) is 17.6 Å². The van der Waals surface area contributed by atoms with Crippen LogP contribution in [-0.4, -0.2) is 48.7 Å². The topological polar surface area (TPSA) is 105 Å². The number of nitrogens with zero attached hydrogens (tertiary/aromatic N) is 3. The third-order valence-electron chi connectivity index (χ3n) is 6.05. The molecule has 0 bridgehead atoms. The van der Waals surface area contributed by atoms with Gasteiger partial charge in [-0.1, -0.05) is 17.3 Å². The van der Waals surface area contributed by atoms with E-state index in [4.69, 9.17) is 4.52 Å². The van der Waals surface area contributed by atoms with Crippen molar-refractivity contribution in [2.24, 2.45) is 5.92 Å². The van der Waals surface area contributed by atoms with Crippen LogP contribution in [-0.2, 0) is 21.2 Å². The summed E-state index contributed by atoms with van der Waals surface area (Å²) < 4.78 is 41.7. The Balaban J connectivity index is 1.26. The molecule has 1 saturated heterocycles. The van der Waals surface area contributed by atoms with Gasteiger partial charge in [0.05, 0.1) is 17.5 Å². The van der Waals surface area contributed by atoms with Crippen LogP contribution in [0.1, 0.15) is 37.3 Å². The minimum absolute atomic E-state index is 0.00396. The molecule has 8 nitrogen and oxygen atoms in total. The molecule has 1 aliphatic heterocycles. The highest BCUT2D eigenvalue weighted by molar-refractivity contribution is 7.90. The van der Waals surface area contributed by atoms with E-state index in [0.717, 1.165) is 18.7 Å². The Morgan fingerprint density at radius 3 is 2.41 bits per heavy atom. The Morgan fingerprint density at radius 1 is 1.15 bits per heavy atom. The lowest BCUT2D eigenvalue weighted by atomic mass is 9.95. The van der Waals surface area contributed by atoms with Gasteiger partial charge in [0.1, 0.15) is 5.82 Å². The van der Waals surface area contributed by atoms with Gasteiger partial charge in [-0.3, -0.25) is 9.69 Å². The summed E-state index contributed by atoms with van der Waals surface area (Å²) in [6.07, 6.45) is 2.59. The number of carbonyl (C=O) groups is 1. The number of aromatic nitrogens is 2. The lowest BCUT2D eigenvalue weighted by Gasteiger charge is -2.30. The maximum Gasteiger partial charge on any atom is 0.241 e. The Labute approximate surface area is 198 Å². The molecule has 10 heteroatoms. The first-order valence-corrected chi connectivity index (χ1v) is 13.0. The first kappa shape index (κ1) is 24.0. The number of halogens is 1. The zero-order chi connectivity index (χ0) is 24.3. The van der Waals surface area contributed by atoms with Crippen molar-refractivity contribution < 1.29 is 22.1 Å². The molecule has 1 unspecified atom stereocenters. The number of piperidine rings is 1. The Bertz CT molecular complexity index is 1230. The molecule has 0 spiro atoms. The molecule has 1 N–H and O–H groups in total. The van der Waals surface area contributed by atoms with E-state index in [1.807, 2.05) is 6.92 Å². The zero-order valence-corrected chi connectivity index (χ0v) is 19.9. The molecule has 2 aromatic carbocycles. The van der Waals surface area contributed by atoms with E-state index in [-0.39, 0.29) is 28.6 Å². The molecule has 0 radical (unpaired) electrons. The van der Waals surface area contributed by atoms with Gasteiger partial charge < -0.3 is 9.84 Å². The second kappa shape index (κ2) is 10.0. The molecule has 0 aliphatic carbocycles. The zero-order valence-electron chi connectivity index (χ0n) is 19.1. The summed E-state index contributed by atoms with van der Waals surface area (Å²) >= 11 is 0. The van der Waals surface area contributed by atoms with Crippen LogP contribution in [0.3, 0.4) is 0 Å². The van der Waals surface area contributed by atoms with Gasteiger partial charge in [-0.25, -0.2) is 12.8 Å². The quantitative estimate of drug-likeness (QED) is 0.546. The van der Waals surface area contributed by atoms with Crippen molar-refractivity contribution in [3.8, 4) is 11.4 Å². The van der Waals surface area contributed by atoms with Crippen molar-refractivity contribution in [3.05, 3.63) is 65.8 Å². The first-order valence-electron chi connectivity index (χ1n) is 11.1. The predicted octanol–water partition coefficient (Wildman–Crippen LogP) is 3.37. The van der Waals surface area contributed by atoms with Crippen molar-refractivity contribution in [1.29, 1.82) is 0 Å². The van der Waals surface area contributed by atoms with E-state index in [0.29, 0.717) is 36.7 Å². The van der Waals surface area contributed by atoms with Gasteiger partial charge in [-0.2, -0.15) is 4.98 Å². The number of likely N-dealkylation sites (tertiary alicyclic amines) is 1. The fraction of sp³-hybridized carbons (Fsp3) is 0.375. The van der Waals surface area contributed by atoms with Crippen molar-refractivity contribution in [1.82, 2.24) is 20.4 Å². The maximum absolute atomic E-state index is 13.1. The molecule has 34 heavy (non-hydrogen) atoms. The maximum atomic E-state index is 13.1. The molecule has 2 heterocycles. The summed E-state index contributed by atoms with van der Waals surface area (Å²) in [6, 6.07) is 12.3. The van der Waals surface area contributed by atoms with Crippen molar-refractivity contribution in [2.45, 2.75) is 37.2 Å². The highest BCUT2D eigenvalue weighted by Crippen LogP contribution is 2.23. The van der Waals surface area contributed by atoms with Crippen LogP contribution in [0, 0.1) is 11.7 Å². The van der Waals surface area contributed by atoms with Gasteiger partial charge in [0, 0.05) is 17.7 Å². The van der Waals surface area contributed by atoms with E-state index >= 15 is 0 Å². The largest absolute Gasteiger partial charge is 0.349 e. The molecule has 1 aliphatic rings. The van der Waals surface area contributed by atoms with Crippen LogP contribution in [0.2, 0.25) is 0 Å². The fourth-order valence-electron chi connectivity index (χ4n) is 4.00. The minimum Gasteiger partial charge on any atom is -0.349 e. The van der Waals surface area contributed by atoms with Gasteiger partial charge in [0.2, 0.25) is 17.6 Å². The summed E-state index contributed by atoms with van der Waals surface area (Å²) in [5, 5.41) is 7.01. The monoisotopic (exact) mass is 486 g/mol. The molecular weight excluding hydrogens is 459 g/mol. The number of amides is 1. The summed E-state index contributed by atoms with van der Waals surface area (Å²) in [6.45, 7) is 3.83. The van der Waals surface area contributed by atoms with Crippen LogP contribution in [0.25, 0.3) is 11.4 Å². The average molecular weight is 487 g/mol. The van der Waals surface area contributed by atoms with E-state index in [1.54, 1.807) is 36.4 Å². The third kappa shape index (κ3) is 5.87. The van der Waals surface area contributed by atoms with Gasteiger partial charge in [0.25, 0.3) is 0 Å².